The number of aromatic carboxylic acids is 1. The normalized spacial score (nSPS) is 10.0. The Morgan fingerprint density at radius 3 is 2.79 bits per heavy atom. The number of aromatic nitrogens is 4. The topological polar surface area (TPSA) is 80.9 Å². The van der Waals surface area contributed by atoms with Crippen LogP contribution in [0.4, 0.5) is 0 Å². The van der Waals surface area contributed by atoms with Crippen molar-refractivity contribution in [3.8, 4) is 5.82 Å². The molecule has 0 radical (unpaired) electrons. The molecule has 0 fully saturated rings. The van der Waals surface area contributed by atoms with E-state index >= 15 is 0 Å². The van der Waals surface area contributed by atoms with Crippen LogP contribution in [0.2, 0.25) is 0 Å². The van der Waals surface area contributed by atoms with Crippen LogP contribution in [-0.4, -0.2) is 30.8 Å². The van der Waals surface area contributed by atoms with Gasteiger partial charge in [0.1, 0.15) is 12.7 Å². The Labute approximate surface area is 78.9 Å². The average molecular weight is 190 g/mol. The molecule has 0 spiro atoms. The lowest BCUT2D eigenvalue weighted by Crippen LogP contribution is -2.01. The van der Waals surface area contributed by atoms with E-state index in [1.807, 2.05) is 0 Å². The first-order chi connectivity index (χ1) is 6.77. The summed E-state index contributed by atoms with van der Waals surface area (Å²) in [6, 6.07) is 3.03. The molecule has 0 unspecified atom stereocenters. The molecule has 6 nitrogen and oxygen atoms in total. The molecule has 0 bridgehead atoms. The van der Waals surface area contributed by atoms with E-state index in [2.05, 4.69) is 15.1 Å². The van der Waals surface area contributed by atoms with Crippen molar-refractivity contribution in [1.29, 1.82) is 0 Å². The largest absolute Gasteiger partial charge is 0.478 e. The monoisotopic (exact) mass is 190 g/mol. The summed E-state index contributed by atoms with van der Waals surface area (Å²) in [5.41, 5.74) is 0.147. The fourth-order valence-corrected chi connectivity index (χ4v) is 0.975. The van der Waals surface area contributed by atoms with Crippen LogP contribution in [0.15, 0.2) is 31.0 Å². The molecule has 0 aliphatic heterocycles. The van der Waals surface area contributed by atoms with Crippen LogP contribution in [-0.2, 0) is 0 Å². The maximum absolute atomic E-state index is 10.5. The molecule has 2 aromatic rings. The summed E-state index contributed by atoms with van der Waals surface area (Å²) >= 11 is 0. The molecule has 1 N–H and O–H groups in total. The molecule has 0 aliphatic rings. The standard InChI is InChI=1S/C8H6N4O2/c13-8(14)6-1-2-7(10-3-6)12-5-9-4-11-12/h1-5H,(H,13,14). The van der Waals surface area contributed by atoms with Gasteiger partial charge in [-0.25, -0.2) is 19.4 Å². The van der Waals surface area contributed by atoms with Crippen LogP contribution in [0.25, 0.3) is 5.82 Å². The van der Waals surface area contributed by atoms with E-state index in [9.17, 15) is 4.79 Å². The molecule has 0 saturated carbocycles. The van der Waals surface area contributed by atoms with Crippen LogP contribution >= 0.6 is 0 Å². The molecule has 0 atom stereocenters. The van der Waals surface area contributed by atoms with Gasteiger partial charge in [0.2, 0.25) is 0 Å². The maximum Gasteiger partial charge on any atom is 0.337 e. The minimum atomic E-state index is -0.998. The highest BCUT2D eigenvalue weighted by Gasteiger charge is 2.03. The van der Waals surface area contributed by atoms with Gasteiger partial charge in [0.05, 0.1) is 5.56 Å². The maximum atomic E-state index is 10.5. The quantitative estimate of drug-likeness (QED) is 0.739. The SMILES string of the molecule is O=C(O)c1ccc(-n2cncn2)nc1. The van der Waals surface area contributed by atoms with E-state index < -0.39 is 5.97 Å². The van der Waals surface area contributed by atoms with Crippen molar-refractivity contribution in [3.05, 3.63) is 36.5 Å². The van der Waals surface area contributed by atoms with E-state index in [1.165, 1.54) is 29.6 Å². The van der Waals surface area contributed by atoms with Crippen molar-refractivity contribution >= 4 is 5.97 Å². The highest BCUT2D eigenvalue weighted by atomic mass is 16.4. The van der Waals surface area contributed by atoms with Crippen LogP contribution < -0.4 is 0 Å². The Hall–Kier alpha value is -2.24. The lowest BCUT2D eigenvalue weighted by molar-refractivity contribution is 0.0696. The zero-order chi connectivity index (χ0) is 9.97. The predicted octanol–water partition coefficient (Wildman–Crippen LogP) is 0.360. The number of carboxylic acids is 1. The number of hydrogen-bond donors (Lipinski definition) is 1. The lowest BCUT2D eigenvalue weighted by Gasteiger charge is -1.98. The van der Waals surface area contributed by atoms with Gasteiger partial charge in [-0.15, -0.1) is 0 Å². The van der Waals surface area contributed by atoms with Gasteiger partial charge >= 0.3 is 5.97 Å². The van der Waals surface area contributed by atoms with Gasteiger partial charge in [-0.1, -0.05) is 0 Å². The molecule has 6 heteroatoms. The molecule has 2 heterocycles. The minimum absolute atomic E-state index is 0.147. The summed E-state index contributed by atoms with van der Waals surface area (Å²) < 4.78 is 1.45. The average Bonchev–Trinajstić information content (AvgIpc) is 2.71. The fourth-order valence-electron chi connectivity index (χ4n) is 0.975. The molecule has 70 valence electrons. The van der Waals surface area contributed by atoms with Crippen LogP contribution in [0.3, 0.4) is 0 Å². The summed E-state index contributed by atoms with van der Waals surface area (Å²) in [6.07, 6.45) is 4.15. The van der Waals surface area contributed by atoms with Crippen molar-refractivity contribution < 1.29 is 9.90 Å². The first-order valence-corrected chi connectivity index (χ1v) is 3.82. The minimum Gasteiger partial charge on any atom is -0.478 e. The second-order valence-corrected chi connectivity index (χ2v) is 2.55. The molecule has 0 amide bonds. The number of pyridine rings is 1. The molecule has 0 aliphatic carbocycles. The summed E-state index contributed by atoms with van der Waals surface area (Å²) in [7, 11) is 0. The van der Waals surface area contributed by atoms with Crippen LogP contribution in [0, 0.1) is 0 Å². The number of hydrogen-bond acceptors (Lipinski definition) is 4. The second-order valence-electron chi connectivity index (χ2n) is 2.55. The molecule has 2 rings (SSSR count). The molecule has 14 heavy (non-hydrogen) atoms. The Balaban J connectivity index is 2.36. The Bertz CT molecular complexity index is 435. The van der Waals surface area contributed by atoms with Gasteiger partial charge in [0.15, 0.2) is 5.82 Å². The molecule has 2 aromatic heterocycles. The molecule has 0 saturated heterocycles. The Morgan fingerprint density at radius 1 is 1.43 bits per heavy atom. The zero-order valence-electron chi connectivity index (χ0n) is 7.03. The van der Waals surface area contributed by atoms with Gasteiger partial charge in [-0.05, 0) is 12.1 Å². The van der Waals surface area contributed by atoms with Gasteiger partial charge < -0.3 is 5.11 Å². The third-order valence-corrected chi connectivity index (χ3v) is 1.65. The van der Waals surface area contributed by atoms with E-state index in [1.54, 1.807) is 6.07 Å². The second kappa shape index (κ2) is 3.25. The highest BCUT2D eigenvalue weighted by molar-refractivity contribution is 5.87. The smallest absolute Gasteiger partial charge is 0.337 e. The number of nitrogens with zero attached hydrogens (tertiary/aromatic N) is 4. The van der Waals surface area contributed by atoms with Crippen molar-refractivity contribution in [1.82, 2.24) is 19.7 Å². The third kappa shape index (κ3) is 1.45. The Morgan fingerprint density at radius 2 is 2.29 bits per heavy atom. The van der Waals surface area contributed by atoms with Crippen LogP contribution in [0.5, 0.6) is 0 Å². The summed E-state index contributed by atoms with van der Waals surface area (Å²) in [6.45, 7) is 0. The molecule has 0 aromatic carbocycles. The molecular formula is C8H6N4O2. The van der Waals surface area contributed by atoms with Crippen LogP contribution in [0.1, 0.15) is 10.4 Å². The van der Waals surface area contributed by atoms with Gasteiger partial charge in [-0.3, -0.25) is 0 Å². The first kappa shape index (κ1) is 8.36. The summed E-state index contributed by atoms with van der Waals surface area (Å²) in [5.74, 6) is -0.463. The van der Waals surface area contributed by atoms with E-state index in [0.717, 1.165) is 0 Å². The van der Waals surface area contributed by atoms with E-state index in [0.29, 0.717) is 5.82 Å². The predicted molar refractivity (Wildman–Crippen MR) is 46.1 cm³/mol. The van der Waals surface area contributed by atoms with Crippen molar-refractivity contribution in [2.45, 2.75) is 0 Å². The number of rotatable bonds is 2. The van der Waals surface area contributed by atoms with Crippen molar-refractivity contribution in [2.24, 2.45) is 0 Å². The highest BCUT2D eigenvalue weighted by Crippen LogP contribution is 2.03. The zero-order valence-corrected chi connectivity index (χ0v) is 7.03. The van der Waals surface area contributed by atoms with Gasteiger partial charge in [0.25, 0.3) is 0 Å². The number of carbonyl (C=O) groups is 1. The summed E-state index contributed by atoms with van der Waals surface area (Å²) in [5, 5.41) is 12.5. The Kier molecular flexibility index (Phi) is 1.94. The lowest BCUT2D eigenvalue weighted by atomic mass is 10.3. The molecular weight excluding hydrogens is 184 g/mol. The number of carboxylic acid groups (broad SMARTS) is 1. The third-order valence-electron chi connectivity index (χ3n) is 1.65. The first-order valence-electron chi connectivity index (χ1n) is 3.82. The van der Waals surface area contributed by atoms with Gasteiger partial charge in [0, 0.05) is 6.20 Å². The summed E-state index contributed by atoms with van der Waals surface area (Å²) in [4.78, 5) is 18.2. The van der Waals surface area contributed by atoms with E-state index in [-0.39, 0.29) is 5.56 Å². The van der Waals surface area contributed by atoms with Crippen molar-refractivity contribution in [3.63, 3.8) is 0 Å². The van der Waals surface area contributed by atoms with Gasteiger partial charge in [-0.2, -0.15) is 5.10 Å². The van der Waals surface area contributed by atoms with Crippen molar-refractivity contribution in [2.75, 3.05) is 0 Å². The van der Waals surface area contributed by atoms with E-state index in [4.69, 9.17) is 5.11 Å². The fraction of sp³-hybridized carbons (Fsp3) is 0.